The molecule has 0 fully saturated rings. The van der Waals surface area contributed by atoms with Crippen molar-refractivity contribution in [3.8, 4) is 11.8 Å². The molecule has 7 heteroatoms. The number of benzene rings is 1. The van der Waals surface area contributed by atoms with Crippen LogP contribution in [-0.4, -0.2) is 23.7 Å². The average Bonchev–Trinajstić information content (AvgIpc) is 2.67. The Morgan fingerprint density at radius 3 is 2.52 bits per heavy atom. The zero-order chi connectivity index (χ0) is 21.6. The Morgan fingerprint density at radius 2 is 2.00 bits per heavy atom. The number of allylic oxidation sites excluding steroid dienone is 2. The van der Waals surface area contributed by atoms with Crippen molar-refractivity contribution in [2.24, 2.45) is 16.5 Å². The van der Waals surface area contributed by atoms with Crippen LogP contribution in [0.3, 0.4) is 0 Å². The second-order valence-corrected chi connectivity index (χ2v) is 6.63. The maximum Gasteiger partial charge on any atom is 0.252 e. The molecule has 0 unspecified atom stereocenters. The van der Waals surface area contributed by atoms with Crippen molar-refractivity contribution in [1.29, 1.82) is 0 Å². The number of nitrogens with zero attached hydrogens (tertiary/aromatic N) is 2. The van der Waals surface area contributed by atoms with E-state index < -0.39 is 0 Å². The minimum Gasteiger partial charge on any atom is -0.401 e. The van der Waals surface area contributed by atoms with Gasteiger partial charge in [-0.25, -0.2) is 4.99 Å². The third-order valence-corrected chi connectivity index (χ3v) is 4.16. The lowest BCUT2D eigenvalue weighted by Gasteiger charge is -2.11. The van der Waals surface area contributed by atoms with Crippen LogP contribution in [0, 0.1) is 18.8 Å². The van der Waals surface area contributed by atoms with Gasteiger partial charge in [0.1, 0.15) is 5.82 Å². The molecule has 0 aliphatic heterocycles. The lowest BCUT2D eigenvalue weighted by atomic mass is 9.99. The number of aryl methyl sites for hydroxylation is 1. The van der Waals surface area contributed by atoms with Crippen LogP contribution >= 0.6 is 11.6 Å². The number of nitrogens with one attached hydrogen (secondary N) is 1. The molecule has 1 aromatic carbocycles. The Hall–Kier alpha value is -3.56. The van der Waals surface area contributed by atoms with Crippen LogP contribution in [0.5, 0.6) is 0 Å². The second kappa shape index (κ2) is 9.58. The molecule has 5 N–H and O–H groups in total. The first-order valence-corrected chi connectivity index (χ1v) is 9.07. The SMILES string of the molecule is C=C(N)N=C(/C(C#Cc1ccc(C)nc1)=C(/C)N)c1ccc(C(=O)NC)c(Cl)c1. The van der Waals surface area contributed by atoms with E-state index in [0.29, 0.717) is 28.1 Å². The van der Waals surface area contributed by atoms with Gasteiger partial charge < -0.3 is 16.8 Å². The van der Waals surface area contributed by atoms with E-state index >= 15 is 0 Å². The van der Waals surface area contributed by atoms with Crippen LogP contribution in [0.25, 0.3) is 0 Å². The normalized spacial score (nSPS) is 11.8. The first kappa shape index (κ1) is 21.7. The van der Waals surface area contributed by atoms with Gasteiger partial charge in [-0.1, -0.05) is 36.1 Å². The molecule has 1 amide bonds. The highest BCUT2D eigenvalue weighted by molar-refractivity contribution is 6.34. The molecule has 148 valence electrons. The fourth-order valence-corrected chi connectivity index (χ4v) is 2.68. The molecule has 0 atom stereocenters. The number of aliphatic imine (C=N–C) groups is 1. The van der Waals surface area contributed by atoms with Crippen LogP contribution in [0.2, 0.25) is 5.02 Å². The van der Waals surface area contributed by atoms with E-state index in [1.165, 1.54) is 7.05 Å². The van der Waals surface area contributed by atoms with Crippen LogP contribution in [0.1, 0.15) is 34.1 Å². The van der Waals surface area contributed by atoms with Crippen molar-refractivity contribution in [2.75, 3.05) is 7.05 Å². The molecule has 0 bridgehead atoms. The molecule has 0 saturated carbocycles. The molecule has 29 heavy (non-hydrogen) atoms. The molecule has 0 aliphatic rings. The summed E-state index contributed by atoms with van der Waals surface area (Å²) < 4.78 is 0. The van der Waals surface area contributed by atoms with Crippen molar-refractivity contribution in [1.82, 2.24) is 10.3 Å². The van der Waals surface area contributed by atoms with Crippen molar-refractivity contribution >= 4 is 23.2 Å². The Balaban J connectivity index is 2.57. The molecule has 0 saturated heterocycles. The van der Waals surface area contributed by atoms with Crippen LogP contribution in [0.15, 0.2) is 65.2 Å². The van der Waals surface area contributed by atoms with Gasteiger partial charge in [-0.2, -0.15) is 0 Å². The quantitative estimate of drug-likeness (QED) is 0.535. The van der Waals surface area contributed by atoms with Gasteiger partial charge in [0.05, 0.1) is 21.9 Å². The minimum atomic E-state index is -0.291. The summed E-state index contributed by atoms with van der Waals surface area (Å²) in [7, 11) is 1.53. The zero-order valence-electron chi connectivity index (χ0n) is 16.5. The van der Waals surface area contributed by atoms with Crippen molar-refractivity contribution in [2.45, 2.75) is 13.8 Å². The summed E-state index contributed by atoms with van der Waals surface area (Å²) in [5.41, 5.74) is 15.7. The molecule has 0 spiro atoms. The molecule has 1 aromatic heterocycles. The monoisotopic (exact) mass is 407 g/mol. The Labute approximate surface area is 175 Å². The van der Waals surface area contributed by atoms with Crippen molar-refractivity contribution in [3.63, 3.8) is 0 Å². The number of nitrogens with two attached hydrogens (primary N) is 2. The van der Waals surface area contributed by atoms with Gasteiger partial charge in [0.15, 0.2) is 0 Å². The van der Waals surface area contributed by atoms with E-state index in [1.54, 1.807) is 31.3 Å². The number of halogens is 1. The molecule has 2 aromatic rings. The topological polar surface area (TPSA) is 106 Å². The first-order chi connectivity index (χ1) is 13.7. The fourth-order valence-electron chi connectivity index (χ4n) is 2.41. The summed E-state index contributed by atoms with van der Waals surface area (Å²) in [5, 5.41) is 2.81. The highest BCUT2D eigenvalue weighted by Crippen LogP contribution is 2.21. The van der Waals surface area contributed by atoms with Crippen LogP contribution in [-0.2, 0) is 0 Å². The van der Waals surface area contributed by atoms with Crippen molar-refractivity contribution in [3.05, 3.63) is 87.6 Å². The Morgan fingerprint density at radius 1 is 1.28 bits per heavy atom. The highest BCUT2D eigenvalue weighted by Gasteiger charge is 2.15. The third kappa shape index (κ3) is 5.71. The number of hydrogen-bond acceptors (Lipinski definition) is 5. The van der Waals surface area contributed by atoms with Crippen LogP contribution < -0.4 is 16.8 Å². The number of amides is 1. The summed E-state index contributed by atoms with van der Waals surface area (Å²) in [6.45, 7) is 7.26. The molecule has 1 heterocycles. The van der Waals surface area contributed by atoms with E-state index in [0.717, 1.165) is 11.3 Å². The maximum atomic E-state index is 11.9. The zero-order valence-corrected chi connectivity index (χ0v) is 17.3. The van der Waals surface area contributed by atoms with Gasteiger partial charge in [0.25, 0.3) is 5.91 Å². The standard InChI is InChI=1S/C22H22ClN5O/c1-13-5-6-16(12-27-13)7-9-18(14(2)24)21(28-15(3)25)17-8-10-19(20(23)11-17)22(29)26-4/h5-6,8,10-12H,3,24-25H2,1-2,4H3,(H,26,29)/b18-14-,28-21?. The van der Waals surface area contributed by atoms with E-state index in [2.05, 4.69) is 33.7 Å². The Kier molecular flexibility index (Phi) is 7.18. The fraction of sp³-hybridized carbons (Fsp3) is 0.136. The van der Waals surface area contributed by atoms with Gasteiger partial charge in [0, 0.05) is 35.8 Å². The number of pyridine rings is 1. The largest absolute Gasteiger partial charge is 0.401 e. The molecular weight excluding hydrogens is 386 g/mol. The summed E-state index contributed by atoms with van der Waals surface area (Å²) >= 11 is 6.29. The number of carbonyl (C=O) groups is 1. The summed E-state index contributed by atoms with van der Waals surface area (Å²) in [6.07, 6.45) is 1.68. The van der Waals surface area contributed by atoms with Crippen LogP contribution in [0.4, 0.5) is 0 Å². The maximum absolute atomic E-state index is 11.9. The highest BCUT2D eigenvalue weighted by atomic mass is 35.5. The predicted molar refractivity (Wildman–Crippen MR) is 117 cm³/mol. The first-order valence-electron chi connectivity index (χ1n) is 8.69. The van der Waals surface area contributed by atoms with E-state index in [4.69, 9.17) is 23.1 Å². The molecule has 0 aliphatic carbocycles. The Bertz CT molecular complexity index is 1070. The summed E-state index contributed by atoms with van der Waals surface area (Å²) in [6, 6.07) is 8.66. The average molecular weight is 408 g/mol. The summed E-state index contributed by atoms with van der Waals surface area (Å²) in [5.74, 6) is 5.87. The van der Waals surface area contributed by atoms with E-state index in [-0.39, 0.29) is 16.8 Å². The lowest BCUT2D eigenvalue weighted by Crippen LogP contribution is -2.19. The summed E-state index contributed by atoms with van der Waals surface area (Å²) in [4.78, 5) is 20.4. The van der Waals surface area contributed by atoms with E-state index in [9.17, 15) is 4.79 Å². The second-order valence-electron chi connectivity index (χ2n) is 6.22. The molecular formula is C22H22ClN5O. The minimum absolute atomic E-state index is 0.0871. The molecule has 2 rings (SSSR count). The number of hydrogen-bond donors (Lipinski definition) is 3. The predicted octanol–water partition coefficient (Wildman–Crippen LogP) is 2.91. The van der Waals surface area contributed by atoms with Crippen molar-refractivity contribution < 1.29 is 4.79 Å². The third-order valence-electron chi connectivity index (χ3n) is 3.84. The number of aromatic nitrogens is 1. The molecule has 0 radical (unpaired) electrons. The van der Waals surface area contributed by atoms with Gasteiger partial charge in [-0.05, 0) is 38.1 Å². The van der Waals surface area contributed by atoms with Gasteiger partial charge >= 0.3 is 0 Å². The molecule has 6 nitrogen and oxygen atoms in total. The van der Waals surface area contributed by atoms with Gasteiger partial charge in [0.2, 0.25) is 0 Å². The van der Waals surface area contributed by atoms with Gasteiger partial charge in [-0.15, -0.1) is 0 Å². The number of rotatable bonds is 4. The lowest BCUT2D eigenvalue weighted by molar-refractivity contribution is 0.0963. The van der Waals surface area contributed by atoms with Gasteiger partial charge in [-0.3, -0.25) is 9.78 Å². The van der Waals surface area contributed by atoms with E-state index in [1.807, 2.05) is 19.1 Å². The number of carbonyl (C=O) groups excluding carboxylic acids is 1. The smallest absolute Gasteiger partial charge is 0.252 e.